The molecule has 1 heterocycles. The normalized spacial score (nSPS) is 13.0. The summed E-state index contributed by atoms with van der Waals surface area (Å²) in [6.07, 6.45) is 1.38. The number of hydrogen-bond donors (Lipinski definition) is 1. The molecule has 0 amide bonds. The number of rotatable bonds is 6. The van der Waals surface area contributed by atoms with Gasteiger partial charge in [-0.15, -0.1) is 0 Å². The Kier molecular flexibility index (Phi) is 4.90. The summed E-state index contributed by atoms with van der Waals surface area (Å²) >= 11 is 0. The van der Waals surface area contributed by atoms with Gasteiger partial charge in [-0.2, -0.15) is 13.5 Å². The monoisotopic (exact) mass is 378 g/mol. The SMILES string of the molecule is COc1ccc(/C=N/NS(=O)(=O)c2cc3c(cc2C)OCO3)cc1OC. The average Bonchev–Trinajstić information content (AvgIpc) is 3.07. The minimum Gasteiger partial charge on any atom is -0.493 e. The van der Waals surface area contributed by atoms with Crippen molar-refractivity contribution in [3.8, 4) is 23.0 Å². The first-order chi connectivity index (χ1) is 12.4. The van der Waals surface area contributed by atoms with Crippen LogP contribution >= 0.6 is 0 Å². The van der Waals surface area contributed by atoms with Crippen LogP contribution in [0.1, 0.15) is 11.1 Å². The van der Waals surface area contributed by atoms with Gasteiger partial charge in [0.15, 0.2) is 23.0 Å². The molecule has 0 spiro atoms. The second-order valence-corrected chi connectivity index (χ2v) is 7.07. The zero-order valence-corrected chi connectivity index (χ0v) is 15.3. The second-order valence-electron chi connectivity index (χ2n) is 5.44. The summed E-state index contributed by atoms with van der Waals surface area (Å²) in [6, 6.07) is 8.16. The molecule has 2 aromatic rings. The first-order valence-corrected chi connectivity index (χ1v) is 9.10. The van der Waals surface area contributed by atoms with Crippen molar-refractivity contribution in [2.24, 2.45) is 5.10 Å². The fraction of sp³-hybridized carbons (Fsp3) is 0.235. The van der Waals surface area contributed by atoms with Gasteiger partial charge in [0.2, 0.25) is 6.79 Å². The van der Waals surface area contributed by atoms with Gasteiger partial charge in [-0.05, 0) is 42.3 Å². The maximum Gasteiger partial charge on any atom is 0.276 e. The minimum atomic E-state index is -3.85. The number of aryl methyl sites for hydroxylation is 1. The zero-order valence-electron chi connectivity index (χ0n) is 14.5. The molecule has 0 aromatic heterocycles. The van der Waals surface area contributed by atoms with Crippen LogP contribution in [-0.4, -0.2) is 35.6 Å². The summed E-state index contributed by atoms with van der Waals surface area (Å²) in [5, 5.41) is 3.82. The van der Waals surface area contributed by atoms with Gasteiger partial charge in [0, 0.05) is 6.07 Å². The van der Waals surface area contributed by atoms with Gasteiger partial charge in [0.1, 0.15) is 0 Å². The highest BCUT2D eigenvalue weighted by molar-refractivity contribution is 7.89. The number of benzene rings is 2. The van der Waals surface area contributed by atoms with Crippen molar-refractivity contribution in [1.29, 1.82) is 0 Å². The molecule has 2 aromatic carbocycles. The lowest BCUT2D eigenvalue weighted by Gasteiger charge is -2.09. The van der Waals surface area contributed by atoms with Crippen molar-refractivity contribution in [2.45, 2.75) is 11.8 Å². The van der Waals surface area contributed by atoms with E-state index in [0.29, 0.717) is 34.1 Å². The predicted octanol–water partition coefficient (Wildman–Crippen LogP) is 2.05. The molecule has 1 aliphatic heterocycles. The quantitative estimate of drug-likeness (QED) is 0.611. The zero-order chi connectivity index (χ0) is 18.7. The Labute approximate surface area is 151 Å². The Bertz CT molecular complexity index is 956. The molecule has 0 aliphatic carbocycles. The molecule has 0 unspecified atom stereocenters. The molecular formula is C17H18N2O6S. The van der Waals surface area contributed by atoms with Gasteiger partial charge in [0.25, 0.3) is 10.0 Å². The molecule has 0 fully saturated rings. The van der Waals surface area contributed by atoms with Crippen LogP contribution in [0.4, 0.5) is 0 Å². The maximum atomic E-state index is 12.5. The summed E-state index contributed by atoms with van der Waals surface area (Å²) < 4.78 is 45.8. The van der Waals surface area contributed by atoms with Crippen LogP contribution in [0.3, 0.4) is 0 Å². The molecule has 1 aliphatic rings. The van der Waals surface area contributed by atoms with Gasteiger partial charge in [-0.25, -0.2) is 4.83 Å². The van der Waals surface area contributed by atoms with Crippen molar-refractivity contribution in [2.75, 3.05) is 21.0 Å². The van der Waals surface area contributed by atoms with E-state index >= 15 is 0 Å². The number of hydrazone groups is 1. The minimum absolute atomic E-state index is 0.0726. The summed E-state index contributed by atoms with van der Waals surface area (Å²) in [5.74, 6) is 2.00. The van der Waals surface area contributed by atoms with Gasteiger partial charge in [-0.1, -0.05) is 0 Å². The highest BCUT2D eigenvalue weighted by Gasteiger charge is 2.22. The Morgan fingerprint density at radius 2 is 1.77 bits per heavy atom. The third kappa shape index (κ3) is 3.52. The van der Waals surface area contributed by atoms with Crippen LogP contribution in [0.15, 0.2) is 40.3 Å². The highest BCUT2D eigenvalue weighted by Crippen LogP contribution is 2.36. The molecule has 0 radical (unpaired) electrons. The van der Waals surface area contributed by atoms with E-state index in [1.54, 1.807) is 31.2 Å². The summed E-state index contributed by atoms with van der Waals surface area (Å²) in [7, 11) is -0.798. The first kappa shape index (κ1) is 17.9. The van der Waals surface area contributed by atoms with E-state index in [0.717, 1.165) is 0 Å². The molecule has 3 rings (SSSR count). The first-order valence-electron chi connectivity index (χ1n) is 7.62. The average molecular weight is 378 g/mol. The number of nitrogens with zero attached hydrogens (tertiary/aromatic N) is 1. The Balaban J connectivity index is 1.80. The Morgan fingerprint density at radius 1 is 1.08 bits per heavy atom. The van der Waals surface area contributed by atoms with E-state index in [1.165, 1.54) is 26.5 Å². The Morgan fingerprint density at radius 3 is 2.46 bits per heavy atom. The summed E-state index contributed by atoms with van der Waals surface area (Å²) in [4.78, 5) is 2.27. The third-order valence-electron chi connectivity index (χ3n) is 3.75. The fourth-order valence-corrected chi connectivity index (χ4v) is 3.50. The van der Waals surface area contributed by atoms with E-state index in [-0.39, 0.29) is 11.7 Å². The van der Waals surface area contributed by atoms with Gasteiger partial charge in [-0.3, -0.25) is 0 Å². The van der Waals surface area contributed by atoms with Crippen molar-refractivity contribution >= 4 is 16.2 Å². The number of nitrogens with one attached hydrogen (secondary N) is 1. The molecule has 0 atom stereocenters. The molecular weight excluding hydrogens is 360 g/mol. The largest absolute Gasteiger partial charge is 0.493 e. The third-order valence-corrected chi connectivity index (χ3v) is 5.12. The smallest absolute Gasteiger partial charge is 0.276 e. The van der Waals surface area contributed by atoms with E-state index < -0.39 is 10.0 Å². The maximum absolute atomic E-state index is 12.5. The molecule has 138 valence electrons. The number of methoxy groups -OCH3 is 2. The molecule has 1 N–H and O–H groups in total. The van der Waals surface area contributed by atoms with Crippen molar-refractivity contribution in [1.82, 2.24) is 4.83 Å². The van der Waals surface area contributed by atoms with Gasteiger partial charge in [0.05, 0.1) is 25.3 Å². The van der Waals surface area contributed by atoms with Gasteiger partial charge < -0.3 is 18.9 Å². The number of fused-ring (bicyclic) bond motifs is 1. The number of hydrogen-bond acceptors (Lipinski definition) is 7. The molecule has 0 saturated heterocycles. The van der Waals surface area contributed by atoms with Crippen molar-refractivity contribution in [3.05, 3.63) is 41.5 Å². The standard InChI is InChI=1S/C17H18N2O6S/c1-11-6-15-16(25-10-24-15)8-17(11)26(20,21)19-18-9-12-4-5-13(22-2)14(7-12)23-3/h4-9,19H,10H2,1-3H3/b18-9+. The fourth-order valence-electron chi connectivity index (χ4n) is 2.47. The Hall–Kier alpha value is -2.94. The van der Waals surface area contributed by atoms with Crippen LogP contribution < -0.4 is 23.8 Å². The topological polar surface area (TPSA) is 95.5 Å². The van der Waals surface area contributed by atoms with E-state index in [4.69, 9.17) is 18.9 Å². The summed E-state index contributed by atoms with van der Waals surface area (Å²) in [6.45, 7) is 1.75. The van der Waals surface area contributed by atoms with Crippen LogP contribution in [0.2, 0.25) is 0 Å². The van der Waals surface area contributed by atoms with Crippen molar-refractivity contribution in [3.63, 3.8) is 0 Å². The van der Waals surface area contributed by atoms with Crippen LogP contribution in [0.25, 0.3) is 0 Å². The van der Waals surface area contributed by atoms with Gasteiger partial charge >= 0.3 is 0 Å². The lowest BCUT2D eigenvalue weighted by Crippen LogP contribution is -2.19. The molecule has 8 nitrogen and oxygen atoms in total. The van der Waals surface area contributed by atoms with Crippen LogP contribution in [-0.2, 0) is 10.0 Å². The van der Waals surface area contributed by atoms with E-state index in [2.05, 4.69) is 9.93 Å². The molecule has 0 saturated carbocycles. The van der Waals surface area contributed by atoms with E-state index in [9.17, 15) is 8.42 Å². The number of sulfonamides is 1. The molecule has 26 heavy (non-hydrogen) atoms. The summed E-state index contributed by atoms with van der Waals surface area (Å²) in [5.41, 5.74) is 1.18. The molecule has 9 heteroatoms. The lowest BCUT2D eigenvalue weighted by atomic mass is 10.2. The van der Waals surface area contributed by atoms with Crippen LogP contribution in [0, 0.1) is 6.92 Å². The van der Waals surface area contributed by atoms with Crippen molar-refractivity contribution < 1.29 is 27.4 Å². The van der Waals surface area contributed by atoms with Crippen LogP contribution in [0.5, 0.6) is 23.0 Å². The second kappa shape index (κ2) is 7.12. The predicted molar refractivity (Wildman–Crippen MR) is 94.8 cm³/mol. The van der Waals surface area contributed by atoms with E-state index in [1.807, 2.05) is 0 Å². The highest BCUT2D eigenvalue weighted by atomic mass is 32.2. The number of ether oxygens (including phenoxy) is 4. The molecule has 0 bridgehead atoms. The lowest BCUT2D eigenvalue weighted by molar-refractivity contribution is 0.174.